The molecule has 1 aromatic rings. The number of nitrogens with one attached hydrogen (secondary N) is 2. The molecule has 2 rings (SSSR count). The highest BCUT2D eigenvalue weighted by Gasteiger charge is 2.36. The van der Waals surface area contributed by atoms with Gasteiger partial charge in [-0.1, -0.05) is 37.6 Å². The summed E-state index contributed by atoms with van der Waals surface area (Å²) in [4.78, 5) is 1.20. The van der Waals surface area contributed by atoms with E-state index in [4.69, 9.17) is 4.74 Å². The highest BCUT2D eigenvalue weighted by Crippen LogP contribution is 2.22. The molecule has 0 saturated carbocycles. The molecule has 28 heavy (non-hydrogen) atoms. The third-order valence-corrected chi connectivity index (χ3v) is 5.98. The monoisotopic (exact) mass is 423 g/mol. The molecular weight excluding hydrogens is 393 g/mol. The summed E-state index contributed by atoms with van der Waals surface area (Å²) in [7, 11) is -3.28. The van der Waals surface area contributed by atoms with Crippen LogP contribution in [0, 0.1) is 5.92 Å². The fourth-order valence-corrected chi connectivity index (χ4v) is 4.53. The normalized spacial score (nSPS) is 24.9. The molecule has 1 aliphatic heterocycles. The lowest BCUT2D eigenvalue weighted by Crippen LogP contribution is -3.13. The molecule has 3 unspecified atom stereocenters. The average molecular weight is 424 g/mol. The van der Waals surface area contributed by atoms with Gasteiger partial charge < -0.3 is 9.64 Å². The second kappa shape index (κ2) is 9.56. The molecule has 4 atom stereocenters. The lowest BCUT2D eigenvalue weighted by molar-refractivity contribution is -0.923. The molecule has 0 aromatic heterocycles. The summed E-state index contributed by atoms with van der Waals surface area (Å²) < 4.78 is 68.0. The molecule has 2 N–H and O–H groups in total. The minimum absolute atomic E-state index is 0.163. The van der Waals surface area contributed by atoms with E-state index in [0.29, 0.717) is 13.1 Å². The Bertz CT molecular complexity index is 723. The Morgan fingerprint density at radius 1 is 1.29 bits per heavy atom. The largest absolute Gasteiger partial charge is 0.411 e. The third-order valence-electron chi connectivity index (χ3n) is 5.19. The van der Waals surface area contributed by atoms with E-state index in [-0.39, 0.29) is 18.1 Å². The summed E-state index contributed by atoms with van der Waals surface area (Å²) in [6.45, 7) is 4.74. The first kappa shape index (κ1) is 23.1. The molecule has 0 radical (unpaired) electrons. The lowest BCUT2D eigenvalue weighted by atomic mass is 9.91. The Hall–Kier alpha value is -1.16. The molecule has 1 heterocycles. The van der Waals surface area contributed by atoms with Gasteiger partial charge in [0.2, 0.25) is 10.0 Å². The van der Waals surface area contributed by atoms with Gasteiger partial charge in [0.1, 0.15) is 25.8 Å². The van der Waals surface area contributed by atoms with Crippen molar-refractivity contribution in [2.75, 3.05) is 26.0 Å². The predicted octanol–water partition coefficient (Wildman–Crippen LogP) is 2.06. The van der Waals surface area contributed by atoms with Gasteiger partial charge in [-0.2, -0.15) is 13.2 Å². The molecule has 1 aliphatic rings. The molecule has 0 spiro atoms. The minimum atomic E-state index is -4.30. The van der Waals surface area contributed by atoms with Crippen molar-refractivity contribution in [2.45, 2.75) is 51.6 Å². The van der Waals surface area contributed by atoms with Crippen molar-refractivity contribution in [3.05, 3.63) is 35.4 Å². The van der Waals surface area contributed by atoms with Gasteiger partial charge >= 0.3 is 6.18 Å². The number of hydrogen-bond donors (Lipinski definition) is 2. The highest BCUT2D eigenvalue weighted by molar-refractivity contribution is 7.88. The Balaban J connectivity index is 1.95. The van der Waals surface area contributed by atoms with Crippen molar-refractivity contribution in [1.29, 1.82) is 0 Å². The van der Waals surface area contributed by atoms with Crippen LogP contribution in [-0.4, -0.2) is 46.7 Å². The summed E-state index contributed by atoms with van der Waals surface area (Å²) in [5.74, 6) is 0.163. The van der Waals surface area contributed by atoms with Crippen LogP contribution in [0.1, 0.15) is 43.9 Å². The van der Waals surface area contributed by atoms with Gasteiger partial charge in [0.05, 0.1) is 12.8 Å². The van der Waals surface area contributed by atoms with Crippen molar-refractivity contribution >= 4 is 10.0 Å². The Morgan fingerprint density at radius 2 is 1.93 bits per heavy atom. The molecule has 9 heteroatoms. The van der Waals surface area contributed by atoms with Gasteiger partial charge in [-0.05, 0) is 18.4 Å². The second-order valence-electron chi connectivity index (χ2n) is 7.66. The van der Waals surface area contributed by atoms with Gasteiger partial charge in [-0.3, -0.25) is 0 Å². The van der Waals surface area contributed by atoms with Crippen LogP contribution in [0.15, 0.2) is 24.3 Å². The van der Waals surface area contributed by atoms with Crippen molar-refractivity contribution in [3.63, 3.8) is 0 Å². The van der Waals surface area contributed by atoms with Gasteiger partial charge in [0.25, 0.3) is 0 Å². The maximum atomic E-state index is 12.5. The standard InChI is InChI=1S/C19H29F3N2O3S/c1-4-16-9-10-24(12-18(16)27-13-19(20,21)22)11-15-5-7-17(8-6-15)14(2)23-28(3,25)26/h5-8,14,16,18,23H,4,9-13H2,1-3H3/p+1/t14-,16?,18?/m1/s1. The number of benzene rings is 1. The zero-order chi connectivity index (χ0) is 20.9. The number of hydrogen-bond acceptors (Lipinski definition) is 3. The zero-order valence-corrected chi connectivity index (χ0v) is 17.4. The van der Waals surface area contributed by atoms with Gasteiger partial charge in [0.15, 0.2) is 0 Å². The van der Waals surface area contributed by atoms with E-state index < -0.39 is 22.8 Å². The number of halogens is 3. The zero-order valence-electron chi connectivity index (χ0n) is 16.6. The molecule has 0 bridgehead atoms. The summed E-state index contributed by atoms with van der Waals surface area (Å²) >= 11 is 0. The van der Waals surface area contributed by atoms with E-state index in [1.165, 1.54) is 4.90 Å². The SMILES string of the molecule is CCC1CC[NH+](Cc2ccc([C@@H](C)NS(C)(=O)=O)cc2)CC1OCC(F)(F)F. The summed E-state index contributed by atoms with van der Waals surface area (Å²) in [5, 5.41) is 0. The number of likely N-dealkylation sites (tertiary alicyclic amines) is 1. The number of quaternary nitrogens is 1. The molecule has 5 nitrogen and oxygen atoms in total. The molecule has 0 amide bonds. The van der Waals surface area contributed by atoms with Gasteiger partial charge in [-0.15, -0.1) is 0 Å². The van der Waals surface area contributed by atoms with Crippen LogP contribution in [0.4, 0.5) is 13.2 Å². The van der Waals surface area contributed by atoms with Crippen molar-refractivity contribution in [1.82, 2.24) is 4.72 Å². The van der Waals surface area contributed by atoms with Crippen LogP contribution in [0.5, 0.6) is 0 Å². The van der Waals surface area contributed by atoms with Crippen molar-refractivity contribution < 1.29 is 31.2 Å². The van der Waals surface area contributed by atoms with Crippen LogP contribution in [-0.2, 0) is 21.3 Å². The molecule has 1 fully saturated rings. The van der Waals surface area contributed by atoms with Crippen molar-refractivity contribution in [2.24, 2.45) is 5.92 Å². The minimum Gasteiger partial charge on any atom is -0.363 e. The molecule has 160 valence electrons. The van der Waals surface area contributed by atoms with Crippen LogP contribution >= 0.6 is 0 Å². The number of sulfonamides is 1. The van der Waals surface area contributed by atoms with E-state index in [1.807, 2.05) is 31.2 Å². The molecular formula is C19H30F3N2O3S+. The van der Waals surface area contributed by atoms with E-state index >= 15 is 0 Å². The van der Waals surface area contributed by atoms with Gasteiger partial charge in [-0.25, -0.2) is 13.1 Å². The maximum absolute atomic E-state index is 12.5. The number of piperidine rings is 1. The first-order valence-electron chi connectivity index (χ1n) is 9.55. The van der Waals surface area contributed by atoms with Crippen LogP contribution in [0.25, 0.3) is 0 Å². The average Bonchev–Trinajstić information content (AvgIpc) is 2.58. The van der Waals surface area contributed by atoms with E-state index in [1.54, 1.807) is 6.92 Å². The first-order valence-corrected chi connectivity index (χ1v) is 11.4. The summed E-state index contributed by atoms with van der Waals surface area (Å²) in [5.41, 5.74) is 1.93. The number of rotatable bonds is 8. The molecule has 0 aliphatic carbocycles. The molecule has 1 saturated heterocycles. The predicted molar refractivity (Wildman–Crippen MR) is 101 cm³/mol. The smallest absolute Gasteiger partial charge is 0.363 e. The van der Waals surface area contributed by atoms with Crippen LogP contribution in [0.2, 0.25) is 0 Å². The van der Waals surface area contributed by atoms with E-state index in [0.717, 1.165) is 36.8 Å². The fourth-order valence-electron chi connectivity index (χ4n) is 3.75. The highest BCUT2D eigenvalue weighted by atomic mass is 32.2. The van der Waals surface area contributed by atoms with Crippen molar-refractivity contribution in [3.8, 4) is 0 Å². The quantitative estimate of drug-likeness (QED) is 0.673. The van der Waals surface area contributed by atoms with E-state index in [9.17, 15) is 21.6 Å². The third kappa shape index (κ3) is 7.69. The summed E-state index contributed by atoms with van der Waals surface area (Å²) in [6.07, 6.45) is -1.90. The van der Waals surface area contributed by atoms with E-state index in [2.05, 4.69) is 4.72 Å². The maximum Gasteiger partial charge on any atom is 0.411 e. The summed E-state index contributed by atoms with van der Waals surface area (Å²) in [6, 6.07) is 7.33. The number of alkyl halides is 3. The molecule has 1 aromatic carbocycles. The van der Waals surface area contributed by atoms with Gasteiger partial charge in [0, 0.05) is 18.0 Å². The Morgan fingerprint density at radius 3 is 2.46 bits per heavy atom. The lowest BCUT2D eigenvalue weighted by Gasteiger charge is -2.35. The Kier molecular flexibility index (Phi) is 7.89. The topological polar surface area (TPSA) is 59.8 Å². The fraction of sp³-hybridized carbons (Fsp3) is 0.684. The van der Waals surface area contributed by atoms with Crippen LogP contribution in [0.3, 0.4) is 0 Å². The Labute approximate surface area is 165 Å². The first-order chi connectivity index (χ1) is 13.0. The number of ether oxygens (including phenoxy) is 1. The van der Waals surface area contributed by atoms with Crippen LogP contribution < -0.4 is 9.62 Å². The second-order valence-corrected chi connectivity index (χ2v) is 9.44.